The Hall–Kier alpha value is -1.10. The predicted molar refractivity (Wildman–Crippen MR) is 73.4 cm³/mol. The molecule has 1 aliphatic rings. The summed E-state index contributed by atoms with van der Waals surface area (Å²) in [5.41, 5.74) is 5.94. The van der Waals surface area contributed by atoms with Gasteiger partial charge in [-0.05, 0) is 38.5 Å². The molecule has 0 aromatic rings. The fraction of sp³-hybridized carbons (Fsp3) is 0.857. The second kappa shape index (κ2) is 7.48. The molecule has 5 heteroatoms. The van der Waals surface area contributed by atoms with Crippen molar-refractivity contribution in [1.29, 1.82) is 0 Å². The highest BCUT2D eigenvalue weighted by molar-refractivity contribution is 5.87. The minimum Gasteiger partial charge on any atom is -0.464 e. The molecule has 0 spiro atoms. The molecular weight excluding hydrogens is 244 g/mol. The SMILES string of the molecule is CCOC(=O)C1CCCCN1C(=O)[C@@H](N)CC(C)C. The van der Waals surface area contributed by atoms with E-state index in [-0.39, 0.29) is 11.9 Å². The van der Waals surface area contributed by atoms with Crippen LogP contribution in [0, 0.1) is 5.92 Å². The largest absolute Gasteiger partial charge is 0.464 e. The number of esters is 1. The van der Waals surface area contributed by atoms with Gasteiger partial charge in [-0.25, -0.2) is 4.79 Å². The zero-order valence-corrected chi connectivity index (χ0v) is 12.2. The fourth-order valence-electron chi connectivity index (χ4n) is 2.50. The van der Waals surface area contributed by atoms with Gasteiger partial charge in [0.05, 0.1) is 12.6 Å². The lowest BCUT2D eigenvalue weighted by atomic mass is 9.98. The number of ether oxygens (including phenoxy) is 1. The normalized spacial score (nSPS) is 21.3. The number of carbonyl (C=O) groups excluding carboxylic acids is 2. The van der Waals surface area contributed by atoms with Gasteiger partial charge in [0.25, 0.3) is 0 Å². The quantitative estimate of drug-likeness (QED) is 0.764. The second-order valence-corrected chi connectivity index (χ2v) is 5.53. The summed E-state index contributed by atoms with van der Waals surface area (Å²) in [4.78, 5) is 25.9. The van der Waals surface area contributed by atoms with Gasteiger partial charge in [-0.3, -0.25) is 4.79 Å². The van der Waals surface area contributed by atoms with Crippen molar-refractivity contribution in [2.24, 2.45) is 11.7 Å². The van der Waals surface area contributed by atoms with Crippen LogP contribution in [0.2, 0.25) is 0 Å². The zero-order valence-electron chi connectivity index (χ0n) is 12.2. The van der Waals surface area contributed by atoms with Gasteiger partial charge >= 0.3 is 5.97 Å². The molecule has 1 heterocycles. The van der Waals surface area contributed by atoms with Crippen LogP contribution >= 0.6 is 0 Å². The Kier molecular flexibility index (Phi) is 6.28. The van der Waals surface area contributed by atoms with Crippen LogP contribution in [0.15, 0.2) is 0 Å². The van der Waals surface area contributed by atoms with Gasteiger partial charge in [0.2, 0.25) is 5.91 Å². The van der Waals surface area contributed by atoms with Crippen LogP contribution in [0.1, 0.15) is 46.5 Å². The van der Waals surface area contributed by atoms with E-state index in [9.17, 15) is 9.59 Å². The Labute approximate surface area is 115 Å². The van der Waals surface area contributed by atoms with Gasteiger partial charge in [-0.15, -0.1) is 0 Å². The summed E-state index contributed by atoms with van der Waals surface area (Å²) in [5, 5.41) is 0. The number of nitrogens with zero attached hydrogens (tertiary/aromatic N) is 1. The molecule has 0 saturated carbocycles. The Morgan fingerprint density at radius 1 is 1.37 bits per heavy atom. The number of amides is 1. The molecule has 0 aromatic carbocycles. The van der Waals surface area contributed by atoms with Gasteiger partial charge in [-0.1, -0.05) is 13.8 Å². The molecule has 0 aromatic heterocycles. The Balaban J connectivity index is 2.70. The Morgan fingerprint density at radius 2 is 2.05 bits per heavy atom. The van der Waals surface area contributed by atoms with Crippen molar-refractivity contribution < 1.29 is 14.3 Å². The highest BCUT2D eigenvalue weighted by Gasteiger charge is 2.35. The first-order valence-electron chi connectivity index (χ1n) is 7.20. The lowest BCUT2D eigenvalue weighted by molar-refractivity contribution is -0.157. The standard InChI is InChI=1S/C14H26N2O3/c1-4-19-14(18)12-7-5-6-8-16(12)13(17)11(15)9-10(2)3/h10-12H,4-9,15H2,1-3H3/t11-,12?/m0/s1. The van der Waals surface area contributed by atoms with Gasteiger partial charge < -0.3 is 15.4 Å². The van der Waals surface area contributed by atoms with Gasteiger partial charge in [0, 0.05) is 6.54 Å². The molecule has 2 N–H and O–H groups in total. The number of carbonyl (C=O) groups is 2. The zero-order chi connectivity index (χ0) is 14.4. The van der Waals surface area contributed by atoms with Crippen molar-refractivity contribution in [3.8, 4) is 0 Å². The monoisotopic (exact) mass is 270 g/mol. The Morgan fingerprint density at radius 3 is 2.63 bits per heavy atom. The summed E-state index contributed by atoms with van der Waals surface area (Å²) in [7, 11) is 0. The van der Waals surface area contributed by atoms with E-state index in [0.29, 0.717) is 31.9 Å². The third kappa shape index (κ3) is 4.49. The maximum atomic E-state index is 12.3. The van der Waals surface area contributed by atoms with Crippen LogP contribution in [0.5, 0.6) is 0 Å². The second-order valence-electron chi connectivity index (χ2n) is 5.53. The minimum atomic E-state index is -0.518. The van der Waals surface area contributed by atoms with E-state index in [1.54, 1.807) is 11.8 Å². The minimum absolute atomic E-state index is 0.119. The molecule has 0 bridgehead atoms. The molecule has 1 amide bonds. The average Bonchev–Trinajstić information content (AvgIpc) is 2.37. The summed E-state index contributed by atoms with van der Waals surface area (Å²) >= 11 is 0. The summed E-state index contributed by atoms with van der Waals surface area (Å²) < 4.78 is 5.05. The molecule has 0 radical (unpaired) electrons. The van der Waals surface area contributed by atoms with Crippen molar-refractivity contribution in [2.75, 3.05) is 13.2 Å². The van der Waals surface area contributed by atoms with Crippen LogP contribution in [0.4, 0.5) is 0 Å². The summed E-state index contributed by atoms with van der Waals surface area (Å²) in [5.74, 6) is -0.0523. The number of nitrogens with two attached hydrogens (primary N) is 1. The number of likely N-dealkylation sites (tertiary alicyclic amines) is 1. The third-order valence-electron chi connectivity index (χ3n) is 3.39. The predicted octanol–water partition coefficient (Wildman–Crippen LogP) is 1.30. The number of hydrogen-bond donors (Lipinski definition) is 1. The van der Waals surface area contributed by atoms with E-state index in [0.717, 1.165) is 12.8 Å². The number of hydrogen-bond acceptors (Lipinski definition) is 4. The number of rotatable bonds is 5. The smallest absolute Gasteiger partial charge is 0.328 e. The van der Waals surface area contributed by atoms with Crippen LogP contribution in [-0.4, -0.2) is 42.0 Å². The molecule has 1 unspecified atom stereocenters. The summed E-state index contributed by atoms with van der Waals surface area (Å²) in [6.07, 6.45) is 3.20. The van der Waals surface area contributed by atoms with Crippen molar-refractivity contribution >= 4 is 11.9 Å². The highest BCUT2D eigenvalue weighted by Crippen LogP contribution is 2.20. The molecule has 1 aliphatic heterocycles. The third-order valence-corrected chi connectivity index (χ3v) is 3.39. The maximum absolute atomic E-state index is 12.3. The van der Waals surface area contributed by atoms with E-state index in [1.165, 1.54) is 0 Å². The molecule has 1 fully saturated rings. The summed E-state index contributed by atoms with van der Waals surface area (Å²) in [6.45, 7) is 6.79. The molecule has 0 aliphatic carbocycles. The summed E-state index contributed by atoms with van der Waals surface area (Å²) in [6, 6.07) is -0.963. The molecule has 110 valence electrons. The first-order valence-corrected chi connectivity index (χ1v) is 7.20. The first kappa shape index (κ1) is 16.0. The molecule has 2 atom stereocenters. The van der Waals surface area contributed by atoms with Crippen LogP contribution < -0.4 is 5.73 Å². The van der Waals surface area contributed by atoms with E-state index in [2.05, 4.69) is 0 Å². The van der Waals surface area contributed by atoms with Crippen molar-refractivity contribution in [3.63, 3.8) is 0 Å². The Bertz CT molecular complexity index is 318. The van der Waals surface area contributed by atoms with Crippen LogP contribution in [0.25, 0.3) is 0 Å². The average molecular weight is 270 g/mol. The van der Waals surface area contributed by atoms with Gasteiger partial charge in [0.15, 0.2) is 0 Å². The lowest BCUT2D eigenvalue weighted by Gasteiger charge is -2.35. The molecule has 5 nitrogen and oxygen atoms in total. The molecule has 1 rings (SSSR count). The highest BCUT2D eigenvalue weighted by atomic mass is 16.5. The molecule has 19 heavy (non-hydrogen) atoms. The molecular formula is C14H26N2O3. The first-order chi connectivity index (χ1) is 8.97. The van der Waals surface area contributed by atoms with E-state index < -0.39 is 12.1 Å². The van der Waals surface area contributed by atoms with E-state index in [1.807, 2.05) is 13.8 Å². The van der Waals surface area contributed by atoms with E-state index >= 15 is 0 Å². The molecule has 1 saturated heterocycles. The lowest BCUT2D eigenvalue weighted by Crippen LogP contribution is -2.54. The van der Waals surface area contributed by atoms with E-state index in [4.69, 9.17) is 10.5 Å². The number of piperidine rings is 1. The van der Waals surface area contributed by atoms with Crippen molar-refractivity contribution in [2.45, 2.75) is 58.5 Å². The topological polar surface area (TPSA) is 72.6 Å². The van der Waals surface area contributed by atoms with Crippen LogP contribution in [-0.2, 0) is 14.3 Å². The van der Waals surface area contributed by atoms with Crippen molar-refractivity contribution in [1.82, 2.24) is 4.90 Å². The fourth-order valence-corrected chi connectivity index (χ4v) is 2.50. The maximum Gasteiger partial charge on any atom is 0.328 e. The van der Waals surface area contributed by atoms with Gasteiger partial charge in [-0.2, -0.15) is 0 Å². The van der Waals surface area contributed by atoms with Gasteiger partial charge in [0.1, 0.15) is 6.04 Å². The van der Waals surface area contributed by atoms with Crippen LogP contribution in [0.3, 0.4) is 0 Å². The van der Waals surface area contributed by atoms with Crippen molar-refractivity contribution in [3.05, 3.63) is 0 Å².